The Morgan fingerprint density at radius 3 is 2.23 bits per heavy atom. The largest absolute Gasteiger partial charge is 0.366 e. The van der Waals surface area contributed by atoms with Gasteiger partial charge in [-0.3, -0.25) is 4.79 Å². The van der Waals surface area contributed by atoms with Gasteiger partial charge in [0.05, 0.1) is 0 Å². The minimum atomic E-state index is -0.398. The SMILES string of the molecule is NC(=O)c1cccc(Nc2ccc(-c3ccccc3)cn2)c1[C@@H]1C[C@@H]1c1ccccc1. The first kappa shape index (κ1) is 19.1. The number of aromatic nitrogens is 1. The average Bonchev–Trinajstić information content (AvgIpc) is 3.61. The fraction of sp³-hybridized carbons (Fsp3) is 0.111. The molecule has 3 aromatic carbocycles. The van der Waals surface area contributed by atoms with Crippen molar-refractivity contribution >= 4 is 17.4 Å². The van der Waals surface area contributed by atoms with Gasteiger partial charge in [-0.05, 0) is 59.2 Å². The van der Waals surface area contributed by atoms with E-state index in [1.54, 1.807) is 0 Å². The molecule has 0 bridgehead atoms. The maximum atomic E-state index is 12.2. The zero-order chi connectivity index (χ0) is 21.2. The molecular formula is C27H23N3O. The molecule has 152 valence electrons. The maximum Gasteiger partial charge on any atom is 0.249 e. The molecule has 1 amide bonds. The predicted molar refractivity (Wildman–Crippen MR) is 124 cm³/mol. The molecular weight excluding hydrogens is 382 g/mol. The molecule has 0 saturated heterocycles. The highest BCUT2D eigenvalue weighted by molar-refractivity contribution is 5.96. The van der Waals surface area contributed by atoms with Crippen LogP contribution in [-0.2, 0) is 0 Å². The van der Waals surface area contributed by atoms with E-state index < -0.39 is 5.91 Å². The summed E-state index contributed by atoms with van der Waals surface area (Å²) in [5, 5.41) is 3.42. The van der Waals surface area contributed by atoms with E-state index in [0.717, 1.165) is 34.6 Å². The predicted octanol–water partition coefficient (Wildman–Crippen LogP) is 5.86. The molecule has 0 spiro atoms. The summed E-state index contributed by atoms with van der Waals surface area (Å²) in [6.07, 6.45) is 2.86. The van der Waals surface area contributed by atoms with Crippen LogP contribution >= 0.6 is 0 Å². The summed E-state index contributed by atoms with van der Waals surface area (Å²) in [6.45, 7) is 0. The molecule has 31 heavy (non-hydrogen) atoms. The Morgan fingerprint density at radius 1 is 0.806 bits per heavy atom. The van der Waals surface area contributed by atoms with Crippen LogP contribution in [0.4, 0.5) is 11.5 Å². The van der Waals surface area contributed by atoms with Crippen molar-refractivity contribution < 1.29 is 4.79 Å². The topological polar surface area (TPSA) is 68.0 Å². The fourth-order valence-electron chi connectivity index (χ4n) is 4.28. The average molecular weight is 406 g/mol. The number of benzene rings is 3. The van der Waals surface area contributed by atoms with Gasteiger partial charge in [0, 0.05) is 23.0 Å². The van der Waals surface area contributed by atoms with Gasteiger partial charge >= 0.3 is 0 Å². The van der Waals surface area contributed by atoms with E-state index in [2.05, 4.69) is 46.7 Å². The summed E-state index contributed by atoms with van der Waals surface area (Å²) in [7, 11) is 0. The molecule has 3 N–H and O–H groups in total. The number of anilines is 2. The third-order valence-corrected chi connectivity index (χ3v) is 5.89. The normalized spacial score (nSPS) is 17.2. The summed E-state index contributed by atoms with van der Waals surface area (Å²) in [4.78, 5) is 16.8. The van der Waals surface area contributed by atoms with E-state index in [4.69, 9.17) is 5.73 Å². The van der Waals surface area contributed by atoms with Crippen LogP contribution in [0.2, 0.25) is 0 Å². The lowest BCUT2D eigenvalue weighted by Crippen LogP contribution is -2.15. The highest BCUT2D eigenvalue weighted by Crippen LogP contribution is 2.57. The second-order valence-corrected chi connectivity index (χ2v) is 7.91. The summed E-state index contributed by atoms with van der Waals surface area (Å²) < 4.78 is 0. The van der Waals surface area contributed by atoms with Gasteiger partial charge < -0.3 is 11.1 Å². The van der Waals surface area contributed by atoms with Crippen molar-refractivity contribution in [1.82, 2.24) is 4.98 Å². The molecule has 4 heteroatoms. The summed E-state index contributed by atoms with van der Waals surface area (Å²) in [5.41, 5.74) is 11.7. The van der Waals surface area contributed by atoms with Crippen molar-refractivity contribution in [2.75, 3.05) is 5.32 Å². The van der Waals surface area contributed by atoms with Crippen LogP contribution < -0.4 is 11.1 Å². The Balaban J connectivity index is 1.45. The van der Waals surface area contributed by atoms with Crippen LogP contribution in [0.25, 0.3) is 11.1 Å². The molecule has 0 radical (unpaired) electrons. The monoisotopic (exact) mass is 405 g/mol. The van der Waals surface area contributed by atoms with Crippen LogP contribution in [-0.4, -0.2) is 10.9 Å². The summed E-state index contributed by atoms with van der Waals surface area (Å²) >= 11 is 0. The van der Waals surface area contributed by atoms with Crippen molar-refractivity contribution in [2.45, 2.75) is 18.3 Å². The number of primary amides is 1. The summed E-state index contributed by atoms with van der Waals surface area (Å²) in [6, 6.07) is 30.3. The van der Waals surface area contributed by atoms with Crippen LogP contribution in [0.5, 0.6) is 0 Å². The van der Waals surface area contributed by atoms with E-state index in [1.165, 1.54) is 5.56 Å². The van der Waals surface area contributed by atoms with Crippen LogP contribution in [0.1, 0.15) is 39.7 Å². The Morgan fingerprint density at radius 2 is 1.55 bits per heavy atom. The molecule has 1 heterocycles. The lowest BCUT2D eigenvalue weighted by atomic mass is 9.97. The molecule has 4 aromatic rings. The highest BCUT2D eigenvalue weighted by atomic mass is 16.1. The first-order valence-corrected chi connectivity index (χ1v) is 10.5. The molecule has 5 rings (SSSR count). The van der Waals surface area contributed by atoms with Gasteiger partial charge in [-0.25, -0.2) is 4.98 Å². The second kappa shape index (κ2) is 8.07. The number of nitrogens with one attached hydrogen (secondary N) is 1. The molecule has 4 nitrogen and oxygen atoms in total. The number of rotatable bonds is 6. The van der Waals surface area contributed by atoms with Crippen molar-refractivity contribution in [3.63, 3.8) is 0 Å². The Labute approximate surface area is 181 Å². The van der Waals surface area contributed by atoms with E-state index in [9.17, 15) is 4.79 Å². The number of amides is 1. The maximum absolute atomic E-state index is 12.2. The van der Waals surface area contributed by atoms with Gasteiger partial charge in [0.2, 0.25) is 5.91 Å². The Kier molecular flexibility index (Phi) is 4.97. The van der Waals surface area contributed by atoms with Gasteiger partial charge in [-0.2, -0.15) is 0 Å². The number of hydrogen-bond acceptors (Lipinski definition) is 3. The second-order valence-electron chi connectivity index (χ2n) is 7.91. The molecule has 1 aliphatic rings. The third-order valence-electron chi connectivity index (χ3n) is 5.89. The fourth-order valence-corrected chi connectivity index (χ4v) is 4.28. The number of carbonyl (C=O) groups excluding carboxylic acids is 1. The van der Waals surface area contributed by atoms with Gasteiger partial charge in [0.25, 0.3) is 0 Å². The first-order valence-electron chi connectivity index (χ1n) is 10.5. The number of hydrogen-bond donors (Lipinski definition) is 2. The molecule has 1 aromatic heterocycles. The van der Waals surface area contributed by atoms with E-state index in [-0.39, 0.29) is 5.92 Å². The number of nitrogens with zero attached hydrogens (tertiary/aromatic N) is 1. The van der Waals surface area contributed by atoms with Gasteiger partial charge in [-0.15, -0.1) is 0 Å². The van der Waals surface area contributed by atoms with Gasteiger partial charge in [0.15, 0.2) is 0 Å². The van der Waals surface area contributed by atoms with Crippen LogP contribution in [0.3, 0.4) is 0 Å². The smallest absolute Gasteiger partial charge is 0.249 e. The van der Waals surface area contributed by atoms with Crippen molar-refractivity contribution in [2.24, 2.45) is 5.73 Å². The Bertz CT molecular complexity index is 1200. The van der Waals surface area contributed by atoms with Gasteiger partial charge in [0.1, 0.15) is 5.82 Å². The number of nitrogens with two attached hydrogens (primary N) is 1. The molecule has 2 atom stereocenters. The number of pyridine rings is 1. The molecule has 0 aliphatic heterocycles. The van der Waals surface area contributed by atoms with Crippen molar-refractivity contribution in [3.8, 4) is 11.1 Å². The minimum Gasteiger partial charge on any atom is -0.366 e. The quantitative estimate of drug-likeness (QED) is 0.422. The third kappa shape index (κ3) is 3.92. The standard InChI is InChI=1S/C27H23N3O/c28-27(31)21-12-7-13-24(26(21)23-16-22(23)19-10-5-2-6-11-19)30-25-15-14-20(17-29-25)18-8-3-1-4-9-18/h1-15,17,22-23H,16H2,(H2,28,31)(H,29,30)/t22-,23-/m1/s1. The molecule has 1 fully saturated rings. The first-order chi connectivity index (χ1) is 15.2. The van der Waals surface area contributed by atoms with E-state index in [1.807, 2.05) is 60.8 Å². The molecule has 0 unspecified atom stereocenters. The van der Waals surface area contributed by atoms with E-state index in [0.29, 0.717) is 11.5 Å². The molecule has 1 saturated carbocycles. The zero-order valence-electron chi connectivity index (χ0n) is 17.0. The summed E-state index contributed by atoms with van der Waals surface area (Å²) in [5.74, 6) is 0.997. The van der Waals surface area contributed by atoms with Crippen LogP contribution in [0, 0.1) is 0 Å². The van der Waals surface area contributed by atoms with Crippen LogP contribution in [0.15, 0.2) is 97.2 Å². The van der Waals surface area contributed by atoms with Gasteiger partial charge in [-0.1, -0.05) is 66.7 Å². The molecule has 1 aliphatic carbocycles. The lowest BCUT2D eigenvalue weighted by molar-refractivity contribution is 0.0999. The minimum absolute atomic E-state index is 0.261. The zero-order valence-corrected chi connectivity index (χ0v) is 17.0. The Hall–Kier alpha value is -3.92. The number of carbonyl (C=O) groups is 1. The van der Waals surface area contributed by atoms with Crippen molar-refractivity contribution in [1.29, 1.82) is 0 Å². The lowest BCUT2D eigenvalue weighted by Gasteiger charge is -2.15. The van der Waals surface area contributed by atoms with Crippen molar-refractivity contribution in [3.05, 3.63) is 114 Å². The highest BCUT2D eigenvalue weighted by Gasteiger charge is 2.42. The van der Waals surface area contributed by atoms with E-state index >= 15 is 0 Å².